The molecule has 0 amide bonds. The molecule has 0 aliphatic carbocycles. The van der Waals surface area contributed by atoms with Crippen LogP contribution >= 0.6 is 15.9 Å². The third-order valence-corrected chi connectivity index (χ3v) is 3.64. The number of halogens is 3. The van der Waals surface area contributed by atoms with E-state index in [1.165, 1.54) is 12.4 Å². The van der Waals surface area contributed by atoms with Crippen molar-refractivity contribution in [1.82, 2.24) is 9.55 Å². The average Bonchev–Trinajstić information content (AvgIpc) is 2.79. The summed E-state index contributed by atoms with van der Waals surface area (Å²) in [7, 11) is 0. The predicted molar refractivity (Wildman–Crippen MR) is 69.7 cm³/mol. The number of imidazole rings is 1. The van der Waals surface area contributed by atoms with E-state index in [9.17, 15) is 8.78 Å². The highest BCUT2D eigenvalue weighted by molar-refractivity contribution is 9.10. The number of nitrogens with one attached hydrogen (secondary N) is 1. The third-order valence-electron chi connectivity index (χ3n) is 2.59. The minimum Gasteiger partial charge on any atom is -0.377 e. The van der Waals surface area contributed by atoms with Crippen LogP contribution in [-0.2, 0) is 6.54 Å². The average molecular weight is 316 g/mol. The van der Waals surface area contributed by atoms with Gasteiger partial charge in [-0.25, -0.2) is 4.98 Å². The Kier molecular flexibility index (Phi) is 3.96. The van der Waals surface area contributed by atoms with E-state index in [0.717, 1.165) is 20.3 Å². The number of rotatable bonds is 4. The van der Waals surface area contributed by atoms with Crippen molar-refractivity contribution in [3.05, 3.63) is 46.5 Å². The second kappa shape index (κ2) is 5.48. The molecule has 1 heterocycles. The van der Waals surface area contributed by atoms with Crippen LogP contribution in [0.3, 0.4) is 0 Å². The Hall–Kier alpha value is -1.43. The van der Waals surface area contributed by atoms with Crippen LogP contribution < -0.4 is 5.32 Å². The van der Waals surface area contributed by atoms with Gasteiger partial charge in [0.25, 0.3) is 0 Å². The van der Waals surface area contributed by atoms with Crippen LogP contribution in [0.25, 0.3) is 0 Å². The summed E-state index contributed by atoms with van der Waals surface area (Å²) in [5.74, 6) is 0.304. The van der Waals surface area contributed by atoms with Crippen LogP contribution in [0.2, 0.25) is 0 Å². The Morgan fingerprint density at radius 3 is 2.94 bits per heavy atom. The van der Waals surface area contributed by atoms with E-state index in [0.29, 0.717) is 5.82 Å². The van der Waals surface area contributed by atoms with Gasteiger partial charge in [0.2, 0.25) is 0 Å². The van der Waals surface area contributed by atoms with Gasteiger partial charge in [-0.1, -0.05) is 12.1 Å². The Morgan fingerprint density at radius 1 is 1.44 bits per heavy atom. The van der Waals surface area contributed by atoms with Crippen molar-refractivity contribution in [3.8, 4) is 0 Å². The molecule has 3 nitrogen and oxygen atoms in total. The first-order valence-electron chi connectivity index (χ1n) is 5.38. The molecule has 96 valence electrons. The molecule has 2 rings (SSSR count). The maximum absolute atomic E-state index is 12.6. The number of hydrogen-bond acceptors (Lipinski definition) is 2. The molecule has 0 fully saturated rings. The minimum absolute atomic E-state index is 0.249. The van der Waals surface area contributed by atoms with Gasteiger partial charge in [0.05, 0.1) is 6.54 Å². The SMILES string of the molecule is Cc1cccc(NCc2nccn2C(F)F)c1Br. The normalized spacial score (nSPS) is 10.9. The highest BCUT2D eigenvalue weighted by atomic mass is 79.9. The Morgan fingerprint density at radius 2 is 2.22 bits per heavy atom. The van der Waals surface area contributed by atoms with E-state index in [2.05, 4.69) is 26.2 Å². The van der Waals surface area contributed by atoms with Gasteiger partial charge in [0, 0.05) is 22.6 Å². The van der Waals surface area contributed by atoms with E-state index in [1.807, 2.05) is 25.1 Å². The van der Waals surface area contributed by atoms with Gasteiger partial charge in [-0.05, 0) is 34.5 Å². The molecule has 0 saturated heterocycles. The second-order valence-corrected chi connectivity index (χ2v) is 4.61. The van der Waals surface area contributed by atoms with Crippen molar-refractivity contribution in [3.63, 3.8) is 0 Å². The molecular formula is C12H12BrF2N3. The van der Waals surface area contributed by atoms with Crippen LogP contribution in [0.1, 0.15) is 17.9 Å². The van der Waals surface area contributed by atoms with Crippen LogP contribution in [-0.4, -0.2) is 9.55 Å². The fraction of sp³-hybridized carbons (Fsp3) is 0.250. The predicted octanol–water partition coefficient (Wildman–Crippen LogP) is 3.96. The fourth-order valence-corrected chi connectivity index (χ4v) is 2.02. The van der Waals surface area contributed by atoms with E-state index in [4.69, 9.17) is 0 Å². The molecule has 2 aromatic rings. The van der Waals surface area contributed by atoms with Crippen molar-refractivity contribution in [1.29, 1.82) is 0 Å². The van der Waals surface area contributed by atoms with Crippen LogP contribution in [0.5, 0.6) is 0 Å². The lowest BCUT2D eigenvalue weighted by Crippen LogP contribution is -2.09. The van der Waals surface area contributed by atoms with Crippen LogP contribution in [0.15, 0.2) is 35.1 Å². The number of anilines is 1. The Bertz CT molecular complexity index is 540. The zero-order valence-corrected chi connectivity index (χ0v) is 11.3. The zero-order chi connectivity index (χ0) is 13.1. The van der Waals surface area contributed by atoms with E-state index < -0.39 is 6.55 Å². The molecule has 0 radical (unpaired) electrons. The van der Waals surface area contributed by atoms with Gasteiger partial charge in [-0.2, -0.15) is 8.78 Å². The molecule has 6 heteroatoms. The highest BCUT2D eigenvalue weighted by Crippen LogP contribution is 2.26. The molecule has 0 unspecified atom stereocenters. The molecule has 1 aromatic carbocycles. The van der Waals surface area contributed by atoms with E-state index in [-0.39, 0.29) is 6.54 Å². The first-order chi connectivity index (χ1) is 8.59. The second-order valence-electron chi connectivity index (χ2n) is 3.82. The summed E-state index contributed by atoms with van der Waals surface area (Å²) < 4.78 is 27.0. The first-order valence-corrected chi connectivity index (χ1v) is 6.17. The standard InChI is InChI=1S/C12H12BrF2N3/c1-8-3-2-4-9(11(8)13)17-7-10-16-5-6-18(10)12(14)15/h2-6,12,17H,7H2,1H3. The van der Waals surface area contributed by atoms with Gasteiger partial charge >= 0.3 is 6.55 Å². The molecule has 0 aliphatic rings. The summed E-state index contributed by atoms with van der Waals surface area (Å²) in [5.41, 5.74) is 1.94. The summed E-state index contributed by atoms with van der Waals surface area (Å²) in [6.07, 6.45) is 2.64. The van der Waals surface area contributed by atoms with Crippen LogP contribution in [0, 0.1) is 6.92 Å². The fourth-order valence-electron chi connectivity index (χ4n) is 1.62. The monoisotopic (exact) mass is 315 g/mol. The molecule has 18 heavy (non-hydrogen) atoms. The maximum Gasteiger partial charge on any atom is 0.319 e. The minimum atomic E-state index is -2.56. The summed E-state index contributed by atoms with van der Waals surface area (Å²) in [6, 6.07) is 5.75. The summed E-state index contributed by atoms with van der Waals surface area (Å²) in [5, 5.41) is 3.09. The van der Waals surface area contributed by atoms with Crippen LogP contribution in [0.4, 0.5) is 14.5 Å². The van der Waals surface area contributed by atoms with Gasteiger partial charge in [-0.3, -0.25) is 4.57 Å². The number of hydrogen-bond donors (Lipinski definition) is 1. The quantitative estimate of drug-likeness (QED) is 0.925. The van der Waals surface area contributed by atoms with Crippen molar-refractivity contribution >= 4 is 21.6 Å². The van der Waals surface area contributed by atoms with Crippen molar-refractivity contribution in [2.75, 3.05) is 5.32 Å². The third kappa shape index (κ3) is 2.69. The number of benzene rings is 1. The topological polar surface area (TPSA) is 29.9 Å². The number of aromatic nitrogens is 2. The largest absolute Gasteiger partial charge is 0.377 e. The van der Waals surface area contributed by atoms with Gasteiger partial charge in [0.15, 0.2) is 0 Å². The lowest BCUT2D eigenvalue weighted by Gasteiger charge is -2.11. The number of nitrogens with zero attached hydrogens (tertiary/aromatic N) is 2. The summed E-state index contributed by atoms with van der Waals surface area (Å²) in [4.78, 5) is 3.91. The molecule has 1 N–H and O–H groups in total. The Labute approximate surface area is 112 Å². The zero-order valence-electron chi connectivity index (χ0n) is 9.70. The molecular weight excluding hydrogens is 304 g/mol. The van der Waals surface area contributed by atoms with Gasteiger partial charge in [-0.15, -0.1) is 0 Å². The lowest BCUT2D eigenvalue weighted by molar-refractivity contribution is 0.0673. The van der Waals surface area contributed by atoms with E-state index in [1.54, 1.807) is 0 Å². The molecule has 0 spiro atoms. The van der Waals surface area contributed by atoms with E-state index >= 15 is 0 Å². The molecule has 1 aromatic heterocycles. The maximum atomic E-state index is 12.6. The molecule has 0 saturated carbocycles. The number of aryl methyl sites for hydroxylation is 1. The summed E-state index contributed by atoms with van der Waals surface area (Å²) in [6.45, 7) is -0.348. The highest BCUT2D eigenvalue weighted by Gasteiger charge is 2.11. The van der Waals surface area contributed by atoms with Crippen molar-refractivity contribution in [2.24, 2.45) is 0 Å². The number of alkyl halides is 2. The first kappa shape index (κ1) is 13.0. The molecule has 0 atom stereocenters. The summed E-state index contributed by atoms with van der Waals surface area (Å²) >= 11 is 3.45. The smallest absolute Gasteiger partial charge is 0.319 e. The van der Waals surface area contributed by atoms with Crippen molar-refractivity contribution < 1.29 is 8.78 Å². The van der Waals surface area contributed by atoms with Crippen molar-refractivity contribution in [2.45, 2.75) is 20.0 Å². The Balaban J connectivity index is 2.12. The lowest BCUT2D eigenvalue weighted by atomic mass is 10.2. The molecule has 0 aliphatic heterocycles. The van der Waals surface area contributed by atoms with Gasteiger partial charge in [0.1, 0.15) is 5.82 Å². The van der Waals surface area contributed by atoms with Gasteiger partial charge < -0.3 is 5.32 Å². The molecule has 0 bridgehead atoms.